The van der Waals surface area contributed by atoms with Crippen molar-refractivity contribution in [2.45, 2.75) is 18.8 Å². The normalized spacial score (nSPS) is 13.8. The Morgan fingerprint density at radius 2 is 1.94 bits per heavy atom. The Kier molecular flexibility index (Phi) is 4.23. The summed E-state index contributed by atoms with van der Waals surface area (Å²) in [5, 5.41) is 9.28. The maximum absolute atomic E-state index is 11.4. The van der Waals surface area contributed by atoms with Gasteiger partial charge in [-0.05, 0) is 12.5 Å². The highest BCUT2D eigenvalue weighted by Crippen LogP contribution is 2.27. The number of carbonyl (C=O) groups is 2. The maximum Gasteiger partial charge on any atom is 0.314 e. The number of benzene rings is 1. The summed E-state index contributed by atoms with van der Waals surface area (Å²) < 4.78 is 0. The second-order valence-corrected chi connectivity index (χ2v) is 3.91. The number of hydroxylamine groups is 1. The van der Waals surface area contributed by atoms with Gasteiger partial charge in [-0.3, -0.25) is 14.4 Å². The number of carbonyl (C=O) groups excluding carboxylic acids is 1. The molecule has 0 saturated heterocycles. The van der Waals surface area contributed by atoms with Crippen LogP contribution in [0.4, 0.5) is 0 Å². The van der Waals surface area contributed by atoms with Crippen LogP contribution in [-0.4, -0.2) is 24.1 Å². The molecule has 0 aliphatic carbocycles. The van der Waals surface area contributed by atoms with Crippen molar-refractivity contribution < 1.29 is 19.5 Å². The molecular formula is C12H15NO4. The molecule has 0 aliphatic rings. The fraction of sp³-hybridized carbons (Fsp3) is 0.333. The highest BCUT2D eigenvalue weighted by atomic mass is 16.6. The molecule has 0 fully saturated rings. The van der Waals surface area contributed by atoms with Crippen molar-refractivity contribution in [3.63, 3.8) is 0 Å². The first-order chi connectivity index (χ1) is 8.00. The van der Waals surface area contributed by atoms with Gasteiger partial charge in [0.1, 0.15) is 0 Å². The fourth-order valence-electron chi connectivity index (χ4n) is 1.58. The first kappa shape index (κ1) is 13.2. The van der Waals surface area contributed by atoms with Gasteiger partial charge >= 0.3 is 5.97 Å². The van der Waals surface area contributed by atoms with Crippen molar-refractivity contribution in [3.8, 4) is 0 Å². The molecule has 0 aliphatic heterocycles. The van der Waals surface area contributed by atoms with E-state index in [2.05, 4.69) is 10.3 Å². The first-order valence-corrected chi connectivity index (χ1v) is 5.11. The van der Waals surface area contributed by atoms with Crippen LogP contribution in [0.3, 0.4) is 0 Å². The summed E-state index contributed by atoms with van der Waals surface area (Å²) in [4.78, 5) is 27.3. The van der Waals surface area contributed by atoms with E-state index >= 15 is 0 Å². The zero-order chi connectivity index (χ0) is 12.9. The third kappa shape index (κ3) is 3.04. The summed E-state index contributed by atoms with van der Waals surface area (Å²) in [7, 11) is 1.30. The second-order valence-electron chi connectivity index (χ2n) is 3.91. The maximum atomic E-state index is 11.4. The summed E-state index contributed by atoms with van der Waals surface area (Å²) in [6.45, 7) is 1.51. The van der Waals surface area contributed by atoms with Crippen molar-refractivity contribution >= 4 is 11.9 Å². The number of hydrogen-bond donors (Lipinski definition) is 2. The predicted octanol–water partition coefficient (Wildman–Crippen LogP) is 1.10. The molecule has 0 saturated carbocycles. The summed E-state index contributed by atoms with van der Waals surface area (Å²) in [5.41, 5.74) is 1.45. The smallest absolute Gasteiger partial charge is 0.314 e. The minimum atomic E-state index is -1.26. The van der Waals surface area contributed by atoms with Crippen LogP contribution in [0.25, 0.3) is 0 Å². The van der Waals surface area contributed by atoms with Crippen LogP contribution in [0, 0.1) is 0 Å². The van der Waals surface area contributed by atoms with Gasteiger partial charge in [-0.1, -0.05) is 30.3 Å². The van der Waals surface area contributed by atoms with E-state index < -0.39 is 17.3 Å². The van der Waals surface area contributed by atoms with Crippen LogP contribution in [0.2, 0.25) is 0 Å². The minimum Gasteiger partial charge on any atom is -0.481 e. The fourth-order valence-corrected chi connectivity index (χ4v) is 1.58. The van der Waals surface area contributed by atoms with Gasteiger partial charge in [-0.25, -0.2) is 5.48 Å². The Morgan fingerprint density at radius 1 is 1.35 bits per heavy atom. The summed E-state index contributed by atoms with van der Waals surface area (Å²) in [6, 6.07) is 8.65. The quantitative estimate of drug-likeness (QED) is 0.752. The van der Waals surface area contributed by atoms with Crippen LogP contribution < -0.4 is 5.48 Å². The summed E-state index contributed by atoms with van der Waals surface area (Å²) in [6.07, 6.45) is -0.180. The highest BCUT2D eigenvalue weighted by Gasteiger charge is 2.37. The predicted molar refractivity (Wildman–Crippen MR) is 61.2 cm³/mol. The number of amides is 1. The third-order valence-corrected chi connectivity index (χ3v) is 2.61. The molecule has 5 nitrogen and oxygen atoms in total. The molecule has 17 heavy (non-hydrogen) atoms. The lowest BCUT2D eigenvalue weighted by Crippen LogP contribution is -2.38. The molecule has 0 aromatic heterocycles. The molecule has 1 unspecified atom stereocenters. The number of hydrogen-bond acceptors (Lipinski definition) is 3. The van der Waals surface area contributed by atoms with E-state index in [1.807, 2.05) is 0 Å². The minimum absolute atomic E-state index is 0.180. The molecular weight excluding hydrogens is 222 g/mol. The standard InChI is InChI=1S/C12H15NO4/c1-12(11(15)16,8-10(14)13-17-2)9-6-4-3-5-7-9/h3-7H,8H2,1-2H3,(H,13,14)(H,15,16). The van der Waals surface area contributed by atoms with Gasteiger partial charge in [-0.2, -0.15) is 0 Å². The van der Waals surface area contributed by atoms with Gasteiger partial charge in [-0.15, -0.1) is 0 Å². The Hall–Kier alpha value is -1.88. The summed E-state index contributed by atoms with van der Waals surface area (Å²) >= 11 is 0. The lowest BCUT2D eigenvalue weighted by molar-refractivity contribution is -0.147. The molecule has 5 heteroatoms. The molecule has 1 amide bonds. The van der Waals surface area contributed by atoms with Gasteiger partial charge in [0.15, 0.2) is 0 Å². The van der Waals surface area contributed by atoms with E-state index in [1.54, 1.807) is 30.3 Å². The van der Waals surface area contributed by atoms with Crippen LogP contribution in [0.1, 0.15) is 18.9 Å². The van der Waals surface area contributed by atoms with Crippen molar-refractivity contribution in [2.75, 3.05) is 7.11 Å². The van der Waals surface area contributed by atoms with Gasteiger partial charge in [0.2, 0.25) is 5.91 Å². The number of carboxylic acids is 1. The number of nitrogens with one attached hydrogen (secondary N) is 1. The average molecular weight is 237 g/mol. The van der Waals surface area contributed by atoms with Crippen LogP contribution in [0.5, 0.6) is 0 Å². The molecule has 1 rings (SSSR count). The van der Waals surface area contributed by atoms with E-state index in [4.69, 9.17) is 0 Å². The molecule has 0 heterocycles. The van der Waals surface area contributed by atoms with Crippen molar-refractivity contribution in [2.24, 2.45) is 0 Å². The van der Waals surface area contributed by atoms with Crippen molar-refractivity contribution in [3.05, 3.63) is 35.9 Å². The monoisotopic (exact) mass is 237 g/mol. The van der Waals surface area contributed by atoms with Gasteiger partial charge in [0, 0.05) is 6.42 Å². The molecule has 0 bridgehead atoms. The lowest BCUT2D eigenvalue weighted by Gasteiger charge is -2.24. The van der Waals surface area contributed by atoms with Gasteiger partial charge in [0.05, 0.1) is 12.5 Å². The largest absolute Gasteiger partial charge is 0.481 e. The SMILES string of the molecule is CONC(=O)CC(C)(C(=O)O)c1ccccc1. The number of aliphatic carboxylic acids is 1. The van der Waals surface area contributed by atoms with Crippen molar-refractivity contribution in [1.82, 2.24) is 5.48 Å². The van der Waals surface area contributed by atoms with Crippen LogP contribution in [-0.2, 0) is 19.8 Å². The second kappa shape index (κ2) is 5.45. The van der Waals surface area contributed by atoms with Crippen LogP contribution in [0.15, 0.2) is 30.3 Å². The van der Waals surface area contributed by atoms with E-state index in [-0.39, 0.29) is 6.42 Å². The first-order valence-electron chi connectivity index (χ1n) is 5.11. The van der Waals surface area contributed by atoms with E-state index in [0.717, 1.165) is 0 Å². The topological polar surface area (TPSA) is 75.6 Å². The summed E-state index contributed by atoms with van der Waals surface area (Å²) in [5.74, 6) is -1.52. The zero-order valence-electron chi connectivity index (χ0n) is 9.77. The molecule has 1 aromatic carbocycles. The van der Waals surface area contributed by atoms with E-state index in [9.17, 15) is 14.7 Å². The number of rotatable bonds is 5. The Morgan fingerprint density at radius 3 is 2.41 bits per heavy atom. The Balaban J connectivity index is 2.99. The third-order valence-electron chi connectivity index (χ3n) is 2.61. The molecule has 1 atom stereocenters. The average Bonchev–Trinajstić information content (AvgIpc) is 2.30. The molecule has 92 valence electrons. The van der Waals surface area contributed by atoms with Gasteiger partial charge < -0.3 is 5.11 Å². The Labute approximate surface area is 99.4 Å². The molecule has 1 aromatic rings. The highest BCUT2D eigenvalue weighted by molar-refractivity contribution is 5.88. The van der Waals surface area contributed by atoms with Crippen molar-refractivity contribution in [1.29, 1.82) is 0 Å². The van der Waals surface area contributed by atoms with Gasteiger partial charge in [0.25, 0.3) is 0 Å². The van der Waals surface area contributed by atoms with E-state index in [1.165, 1.54) is 14.0 Å². The van der Waals surface area contributed by atoms with Crippen LogP contribution >= 0.6 is 0 Å². The molecule has 0 radical (unpaired) electrons. The Bertz CT molecular complexity index is 404. The molecule has 0 spiro atoms. The number of carboxylic acid groups (broad SMARTS) is 1. The lowest BCUT2D eigenvalue weighted by atomic mass is 9.79. The van der Waals surface area contributed by atoms with E-state index in [0.29, 0.717) is 5.56 Å². The molecule has 2 N–H and O–H groups in total. The zero-order valence-corrected chi connectivity index (χ0v) is 9.77.